The van der Waals surface area contributed by atoms with Crippen LogP contribution in [0.4, 0.5) is 0 Å². The third kappa shape index (κ3) is 6.09. The normalized spacial score (nSPS) is 12.4. The average molecular weight is 801 g/mol. The van der Waals surface area contributed by atoms with Crippen molar-refractivity contribution in [2.75, 3.05) is 0 Å². The van der Waals surface area contributed by atoms with Crippen LogP contribution in [0, 0.1) is 0 Å². The van der Waals surface area contributed by atoms with E-state index in [0.29, 0.717) is 0 Å². The molecule has 1 heterocycles. The zero-order chi connectivity index (χ0) is 41.6. The molecule has 0 atom stereocenters. The third-order valence-corrected chi connectivity index (χ3v) is 14.2. The molecule has 0 saturated heterocycles. The van der Waals surface area contributed by atoms with Gasteiger partial charge in [-0.1, -0.05) is 211 Å². The van der Waals surface area contributed by atoms with Gasteiger partial charge in [-0.05, 0) is 116 Å². The summed E-state index contributed by atoms with van der Waals surface area (Å²) in [6.45, 7) is 14.0. The number of fused-ring (bicyclic) bond motifs is 7. The van der Waals surface area contributed by atoms with Crippen molar-refractivity contribution < 1.29 is 0 Å². The largest absolute Gasteiger partial charge is 0.135 e. The molecule has 0 aliphatic carbocycles. The molecule has 0 fully saturated rings. The number of hydrogen-bond acceptors (Lipinski definition) is 1. The third-order valence-electron chi connectivity index (χ3n) is 12.9. The molecule has 0 saturated carbocycles. The molecule has 10 aromatic carbocycles. The van der Waals surface area contributed by atoms with Gasteiger partial charge < -0.3 is 0 Å². The van der Waals surface area contributed by atoms with Gasteiger partial charge in [-0.25, -0.2) is 0 Å². The van der Waals surface area contributed by atoms with E-state index in [0.717, 1.165) is 0 Å². The van der Waals surface area contributed by atoms with Crippen molar-refractivity contribution in [3.05, 3.63) is 193 Å². The van der Waals surface area contributed by atoms with Crippen LogP contribution in [0.1, 0.15) is 52.7 Å². The highest BCUT2D eigenvalue weighted by atomic mass is 32.1. The minimum Gasteiger partial charge on any atom is -0.135 e. The van der Waals surface area contributed by atoms with Crippen LogP contribution in [-0.2, 0) is 10.8 Å². The van der Waals surface area contributed by atoms with E-state index in [9.17, 15) is 0 Å². The second kappa shape index (κ2) is 14.0. The Morgan fingerprint density at radius 2 is 0.705 bits per heavy atom. The Kier molecular flexibility index (Phi) is 8.61. The summed E-state index contributed by atoms with van der Waals surface area (Å²) < 4.78 is 2.63. The molecule has 0 spiro atoms. The maximum Gasteiger partial charge on any atom is 0.0434 e. The lowest BCUT2D eigenvalue weighted by Gasteiger charge is -2.27. The zero-order valence-electron chi connectivity index (χ0n) is 35.7. The van der Waals surface area contributed by atoms with E-state index in [1.807, 2.05) is 11.3 Å². The molecule has 0 amide bonds. The molecule has 1 aromatic heterocycles. The second-order valence-electron chi connectivity index (χ2n) is 18.8. The fourth-order valence-electron chi connectivity index (χ4n) is 9.87. The van der Waals surface area contributed by atoms with Gasteiger partial charge in [0.2, 0.25) is 0 Å². The van der Waals surface area contributed by atoms with Crippen molar-refractivity contribution in [3.63, 3.8) is 0 Å². The standard InChI is InChI=1S/C60H48S/c1-59(2,3)40-33-39(34-41(36-40)60(4,5)6)56-44-23-12-10-21-42(44)55(43-22-11-13-24-45(43)56)38-31-32-53-52(35-38)50-29-18-30-51(58(50)61-53)57-48-27-16-14-25-46(48)54(37-19-8-7-9-20-37)47-26-15-17-28-49(47)57/h7-36H,1-6H3. The smallest absolute Gasteiger partial charge is 0.0434 e. The highest BCUT2D eigenvalue weighted by Gasteiger charge is 2.25. The fourth-order valence-corrected chi connectivity index (χ4v) is 11.1. The van der Waals surface area contributed by atoms with Crippen LogP contribution in [-0.4, -0.2) is 0 Å². The van der Waals surface area contributed by atoms with E-state index in [2.05, 4.69) is 224 Å². The molecule has 0 nitrogen and oxygen atoms in total. The van der Waals surface area contributed by atoms with Gasteiger partial charge in [-0.3, -0.25) is 0 Å². The van der Waals surface area contributed by atoms with Crippen LogP contribution < -0.4 is 0 Å². The quantitative estimate of drug-likeness (QED) is 0.156. The lowest BCUT2D eigenvalue weighted by atomic mass is 9.77. The van der Waals surface area contributed by atoms with Crippen LogP contribution in [0.3, 0.4) is 0 Å². The van der Waals surface area contributed by atoms with E-state index < -0.39 is 0 Å². The Morgan fingerprint density at radius 1 is 0.295 bits per heavy atom. The molecular formula is C60H48S. The molecule has 1 heteroatoms. The molecule has 11 rings (SSSR count). The predicted molar refractivity (Wildman–Crippen MR) is 268 cm³/mol. The fraction of sp³-hybridized carbons (Fsp3) is 0.133. The molecule has 0 N–H and O–H groups in total. The molecule has 0 unspecified atom stereocenters. The maximum atomic E-state index is 2.47. The Hall–Kier alpha value is -6.54. The van der Waals surface area contributed by atoms with Crippen molar-refractivity contribution >= 4 is 74.6 Å². The van der Waals surface area contributed by atoms with E-state index >= 15 is 0 Å². The van der Waals surface area contributed by atoms with Crippen LogP contribution in [0.15, 0.2) is 182 Å². The van der Waals surface area contributed by atoms with Gasteiger partial charge >= 0.3 is 0 Å². The first-order chi connectivity index (χ1) is 29.5. The first kappa shape index (κ1) is 37.5. The summed E-state index contributed by atoms with van der Waals surface area (Å²) in [5, 5.41) is 12.9. The minimum absolute atomic E-state index is 0.0198. The molecular weight excluding hydrogens is 753 g/mol. The van der Waals surface area contributed by atoms with E-state index in [4.69, 9.17) is 0 Å². The first-order valence-corrected chi connectivity index (χ1v) is 22.4. The molecule has 0 aliphatic rings. The lowest BCUT2D eigenvalue weighted by molar-refractivity contribution is 0.569. The monoisotopic (exact) mass is 800 g/mol. The van der Waals surface area contributed by atoms with Gasteiger partial charge in [0.1, 0.15) is 0 Å². The predicted octanol–water partition coefficient (Wildman–Crippen LogP) is 17.9. The van der Waals surface area contributed by atoms with Crippen LogP contribution >= 0.6 is 11.3 Å². The maximum absolute atomic E-state index is 2.47. The van der Waals surface area contributed by atoms with E-state index in [-0.39, 0.29) is 10.8 Å². The molecule has 0 aliphatic heterocycles. The highest BCUT2D eigenvalue weighted by molar-refractivity contribution is 7.26. The summed E-state index contributed by atoms with van der Waals surface area (Å²) in [7, 11) is 0. The highest BCUT2D eigenvalue weighted by Crippen LogP contribution is 2.50. The van der Waals surface area contributed by atoms with E-state index in [1.54, 1.807) is 0 Å². The van der Waals surface area contributed by atoms with E-state index in [1.165, 1.54) is 119 Å². The molecule has 11 aromatic rings. The summed E-state index contributed by atoms with van der Waals surface area (Å²) in [6, 6.07) is 68.5. The lowest BCUT2D eigenvalue weighted by Crippen LogP contribution is -2.16. The van der Waals surface area contributed by atoms with Crippen molar-refractivity contribution in [2.24, 2.45) is 0 Å². The van der Waals surface area contributed by atoms with Gasteiger partial charge in [-0.2, -0.15) is 0 Å². The number of rotatable bonds is 4. The van der Waals surface area contributed by atoms with Crippen molar-refractivity contribution in [3.8, 4) is 44.5 Å². The Bertz CT molecular complexity index is 3390. The summed E-state index contributed by atoms with van der Waals surface area (Å²) in [4.78, 5) is 0. The number of hydrogen-bond donors (Lipinski definition) is 0. The molecule has 0 radical (unpaired) electrons. The van der Waals surface area contributed by atoms with Gasteiger partial charge in [0.25, 0.3) is 0 Å². The molecule has 294 valence electrons. The Balaban J connectivity index is 1.15. The van der Waals surface area contributed by atoms with Crippen molar-refractivity contribution in [1.29, 1.82) is 0 Å². The average Bonchev–Trinajstić information content (AvgIpc) is 3.65. The topological polar surface area (TPSA) is 0 Å². The summed E-state index contributed by atoms with van der Waals surface area (Å²) in [5.41, 5.74) is 13.1. The minimum atomic E-state index is 0.0198. The van der Waals surface area contributed by atoms with Crippen LogP contribution in [0.25, 0.3) is 108 Å². The molecule has 0 bridgehead atoms. The number of thiophene rings is 1. The second-order valence-corrected chi connectivity index (χ2v) is 19.9. The Morgan fingerprint density at radius 3 is 1.18 bits per heavy atom. The van der Waals surface area contributed by atoms with Gasteiger partial charge in [0.15, 0.2) is 0 Å². The van der Waals surface area contributed by atoms with Crippen molar-refractivity contribution in [1.82, 2.24) is 0 Å². The summed E-state index contributed by atoms with van der Waals surface area (Å²) >= 11 is 1.92. The van der Waals surface area contributed by atoms with Gasteiger partial charge in [-0.15, -0.1) is 11.3 Å². The zero-order valence-corrected chi connectivity index (χ0v) is 36.5. The molecule has 61 heavy (non-hydrogen) atoms. The van der Waals surface area contributed by atoms with Gasteiger partial charge in [0, 0.05) is 25.7 Å². The first-order valence-electron chi connectivity index (χ1n) is 21.6. The summed E-state index contributed by atoms with van der Waals surface area (Å²) in [5.74, 6) is 0. The van der Waals surface area contributed by atoms with Gasteiger partial charge in [0.05, 0.1) is 0 Å². The van der Waals surface area contributed by atoms with Crippen LogP contribution in [0.2, 0.25) is 0 Å². The SMILES string of the molecule is CC(C)(C)c1cc(-c2c3ccccc3c(-c3ccc4sc5c(-c6c7ccccc7c(-c7ccccc7)c7ccccc67)cccc5c4c3)c3ccccc23)cc(C(C)(C)C)c1. The summed E-state index contributed by atoms with van der Waals surface area (Å²) in [6.07, 6.45) is 0. The van der Waals surface area contributed by atoms with Crippen molar-refractivity contribution in [2.45, 2.75) is 52.4 Å². The number of benzene rings is 10. The Labute approximate surface area is 362 Å². The van der Waals surface area contributed by atoms with Crippen LogP contribution in [0.5, 0.6) is 0 Å².